The number of halogens is 2. The molecule has 0 unspecified atom stereocenters. The largest absolute Gasteiger partial charge is 0.370 e. The number of nitrogens with two attached hydrogens (primary N) is 2. The van der Waals surface area contributed by atoms with Crippen LogP contribution in [-0.2, 0) is 0 Å². The second kappa shape index (κ2) is 10.4. The number of hydrogen-bond acceptors (Lipinski definition) is 5. The van der Waals surface area contributed by atoms with E-state index in [4.69, 9.17) is 16.5 Å². The predicted octanol–water partition coefficient (Wildman–Crippen LogP) is 5.32. The molecule has 8 nitrogen and oxygen atoms in total. The molecular formula is C31H31F2N7O. The van der Waals surface area contributed by atoms with Crippen LogP contribution in [0.25, 0.3) is 33.4 Å². The first kappa shape index (κ1) is 26.6. The molecule has 1 amide bonds. The maximum absolute atomic E-state index is 14.4. The summed E-state index contributed by atoms with van der Waals surface area (Å²) in [5, 5.41) is 0.779. The van der Waals surface area contributed by atoms with E-state index in [-0.39, 0.29) is 17.9 Å². The Balaban J connectivity index is 1.66. The maximum Gasteiger partial charge on any atom is 0.284 e. The van der Waals surface area contributed by atoms with Gasteiger partial charge >= 0.3 is 0 Å². The average Bonchev–Trinajstić information content (AvgIpc) is 3.58. The molecule has 3 aromatic heterocycles. The summed E-state index contributed by atoms with van der Waals surface area (Å²) in [6, 6.07) is 11.8. The van der Waals surface area contributed by atoms with Gasteiger partial charge in [-0.2, -0.15) is 0 Å². The number of carbonyl (C=O) groups is 1. The summed E-state index contributed by atoms with van der Waals surface area (Å²) >= 11 is 0. The van der Waals surface area contributed by atoms with E-state index in [1.54, 1.807) is 12.4 Å². The minimum atomic E-state index is -0.674. The molecule has 5 N–H and O–H groups in total. The Morgan fingerprint density at radius 3 is 2.34 bits per heavy atom. The zero-order valence-electron chi connectivity index (χ0n) is 22.9. The lowest BCUT2D eigenvalue weighted by molar-refractivity contribution is 0.0991. The molecule has 2 aromatic carbocycles. The van der Waals surface area contributed by atoms with Crippen LogP contribution >= 0.6 is 0 Å². The SMILES string of the molecule is Cc1ccc([C@H](C)n2cc(-c3cnc(C(N)=O)[nH]3)c3c(N4CCC(N)CC4)c(-c4cc(F)cc(F)c4)cnc32)cc1. The first-order valence-corrected chi connectivity index (χ1v) is 13.6. The predicted molar refractivity (Wildman–Crippen MR) is 156 cm³/mol. The third kappa shape index (κ3) is 4.95. The molecule has 6 rings (SSSR count). The monoisotopic (exact) mass is 555 g/mol. The molecule has 10 heteroatoms. The van der Waals surface area contributed by atoms with E-state index in [9.17, 15) is 13.6 Å². The van der Waals surface area contributed by atoms with Crippen molar-refractivity contribution in [2.24, 2.45) is 11.5 Å². The van der Waals surface area contributed by atoms with Crippen LogP contribution in [0.15, 0.2) is 61.1 Å². The average molecular weight is 556 g/mol. The number of anilines is 1. The highest BCUT2D eigenvalue weighted by Gasteiger charge is 2.28. The highest BCUT2D eigenvalue weighted by molar-refractivity contribution is 6.08. The highest BCUT2D eigenvalue weighted by Crippen LogP contribution is 2.44. The van der Waals surface area contributed by atoms with Gasteiger partial charge in [0, 0.05) is 48.7 Å². The number of hydrogen-bond donors (Lipinski definition) is 3. The van der Waals surface area contributed by atoms with Gasteiger partial charge in [-0.3, -0.25) is 4.79 Å². The van der Waals surface area contributed by atoms with Crippen molar-refractivity contribution in [1.82, 2.24) is 19.5 Å². The van der Waals surface area contributed by atoms with Crippen molar-refractivity contribution in [3.05, 3.63) is 89.6 Å². The Labute approximate surface area is 236 Å². The number of benzene rings is 2. The number of H-pyrrole nitrogens is 1. The number of rotatable bonds is 6. The number of aryl methyl sites for hydroxylation is 1. The Hall–Kier alpha value is -4.57. The number of nitrogens with one attached hydrogen (secondary N) is 1. The summed E-state index contributed by atoms with van der Waals surface area (Å²) in [6.45, 7) is 5.46. The first-order valence-electron chi connectivity index (χ1n) is 13.6. The molecule has 0 aliphatic carbocycles. The van der Waals surface area contributed by atoms with Gasteiger partial charge < -0.3 is 25.9 Å². The second-order valence-corrected chi connectivity index (χ2v) is 10.7. The molecule has 1 aliphatic rings. The molecule has 0 saturated carbocycles. The number of carbonyl (C=O) groups excluding carboxylic acids is 1. The molecule has 4 heterocycles. The number of amides is 1. The molecule has 1 aliphatic heterocycles. The summed E-state index contributed by atoms with van der Waals surface area (Å²) in [7, 11) is 0. The quantitative estimate of drug-likeness (QED) is 0.262. The van der Waals surface area contributed by atoms with Crippen molar-refractivity contribution in [2.45, 2.75) is 38.8 Å². The third-order valence-corrected chi connectivity index (χ3v) is 7.92. The van der Waals surface area contributed by atoms with Gasteiger partial charge in [0.15, 0.2) is 5.82 Å². The Morgan fingerprint density at radius 1 is 1.02 bits per heavy atom. The molecule has 0 radical (unpaired) electrons. The summed E-state index contributed by atoms with van der Waals surface area (Å²) in [4.78, 5) is 26.2. The van der Waals surface area contributed by atoms with Crippen molar-refractivity contribution in [2.75, 3.05) is 18.0 Å². The van der Waals surface area contributed by atoms with E-state index >= 15 is 0 Å². The van der Waals surface area contributed by atoms with Crippen molar-refractivity contribution in [3.63, 3.8) is 0 Å². The maximum atomic E-state index is 14.4. The van der Waals surface area contributed by atoms with Gasteiger partial charge in [0.25, 0.3) is 5.91 Å². The van der Waals surface area contributed by atoms with Crippen LogP contribution in [0.4, 0.5) is 14.5 Å². The van der Waals surface area contributed by atoms with Crippen LogP contribution in [-0.4, -0.2) is 44.6 Å². The zero-order valence-corrected chi connectivity index (χ0v) is 22.9. The van der Waals surface area contributed by atoms with E-state index in [2.05, 4.69) is 50.6 Å². The Morgan fingerprint density at radius 2 is 1.71 bits per heavy atom. The van der Waals surface area contributed by atoms with E-state index in [1.165, 1.54) is 12.1 Å². The molecule has 1 fully saturated rings. The standard InChI is InChI=1S/C31H31F2N7O/c1-17-3-5-19(6-4-17)18(2)40-16-25(26-15-36-30(38-26)29(35)41)27-28(39-9-7-23(34)8-10-39)24(14-37-31(27)40)20-11-21(32)13-22(33)12-20/h3-6,11-16,18,23H,7-10,34H2,1-2H3,(H2,35,41)(H,36,38)/t18-/m0/s1. The van der Waals surface area contributed by atoms with Gasteiger partial charge in [-0.25, -0.2) is 18.7 Å². The minimum Gasteiger partial charge on any atom is -0.370 e. The molecule has 0 bridgehead atoms. The molecule has 41 heavy (non-hydrogen) atoms. The smallest absolute Gasteiger partial charge is 0.284 e. The lowest BCUT2D eigenvalue weighted by atomic mass is 9.97. The Bertz CT molecular complexity index is 1730. The van der Waals surface area contributed by atoms with Crippen LogP contribution in [0.2, 0.25) is 0 Å². The lowest BCUT2D eigenvalue weighted by Crippen LogP contribution is -2.40. The van der Waals surface area contributed by atoms with Gasteiger partial charge in [-0.15, -0.1) is 0 Å². The van der Waals surface area contributed by atoms with Crippen LogP contribution in [0.5, 0.6) is 0 Å². The molecule has 1 saturated heterocycles. The van der Waals surface area contributed by atoms with Crippen LogP contribution in [0.1, 0.15) is 47.6 Å². The van der Waals surface area contributed by atoms with E-state index in [1.807, 2.05) is 13.1 Å². The van der Waals surface area contributed by atoms with Gasteiger partial charge in [-0.1, -0.05) is 29.8 Å². The molecule has 1 atom stereocenters. The molecule has 0 spiro atoms. The molecule has 5 aromatic rings. The number of pyridine rings is 1. The fraction of sp³-hybridized carbons (Fsp3) is 0.258. The summed E-state index contributed by atoms with van der Waals surface area (Å²) < 4.78 is 31.0. The van der Waals surface area contributed by atoms with Crippen LogP contribution in [0.3, 0.4) is 0 Å². The number of aromatic nitrogens is 4. The number of aromatic amines is 1. The normalized spacial score (nSPS) is 15.0. The van der Waals surface area contributed by atoms with Crippen LogP contribution < -0.4 is 16.4 Å². The lowest BCUT2D eigenvalue weighted by Gasteiger charge is -2.34. The summed E-state index contributed by atoms with van der Waals surface area (Å²) in [6.07, 6.45) is 6.78. The van der Waals surface area contributed by atoms with E-state index < -0.39 is 17.5 Å². The zero-order chi connectivity index (χ0) is 28.8. The van der Waals surface area contributed by atoms with Crippen molar-refractivity contribution < 1.29 is 13.6 Å². The topological polar surface area (TPSA) is 119 Å². The van der Waals surface area contributed by atoms with E-state index in [0.29, 0.717) is 35.6 Å². The minimum absolute atomic E-state index is 0.0364. The van der Waals surface area contributed by atoms with Crippen molar-refractivity contribution >= 4 is 22.6 Å². The fourth-order valence-corrected chi connectivity index (χ4v) is 5.66. The van der Waals surface area contributed by atoms with Crippen molar-refractivity contribution in [1.29, 1.82) is 0 Å². The van der Waals surface area contributed by atoms with Crippen LogP contribution in [0, 0.1) is 18.6 Å². The second-order valence-electron chi connectivity index (χ2n) is 10.7. The number of fused-ring (bicyclic) bond motifs is 1. The van der Waals surface area contributed by atoms with Gasteiger partial charge in [-0.05, 0) is 49.9 Å². The van der Waals surface area contributed by atoms with Gasteiger partial charge in [0.2, 0.25) is 0 Å². The van der Waals surface area contributed by atoms with Gasteiger partial charge in [0.1, 0.15) is 17.3 Å². The number of nitrogens with zero attached hydrogens (tertiary/aromatic N) is 4. The van der Waals surface area contributed by atoms with E-state index in [0.717, 1.165) is 46.7 Å². The fourth-order valence-electron chi connectivity index (χ4n) is 5.66. The highest BCUT2D eigenvalue weighted by atomic mass is 19.1. The summed E-state index contributed by atoms with van der Waals surface area (Å²) in [5.41, 5.74) is 17.8. The molecular weight excluding hydrogens is 524 g/mol. The number of primary amides is 1. The third-order valence-electron chi connectivity index (χ3n) is 7.92. The summed E-state index contributed by atoms with van der Waals surface area (Å²) in [5.74, 6) is -1.98. The number of imidazole rings is 1. The molecule has 210 valence electrons. The number of piperidine rings is 1. The van der Waals surface area contributed by atoms with Crippen molar-refractivity contribution in [3.8, 4) is 22.4 Å². The van der Waals surface area contributed by atoms with Gasteiger partial charge in [0.05, 0.1) is 29.0 Å². The Kier molecular flexibility index (Phi) is 6.78. The first-order chi connectivity index (χ1) is 19.7.